The molecule has 0 atom stereocenters. The van der Waals surface area contributed by atoms with Gasteiger partial charge in [0.05, 0.1) is 0 Å². The zero-order valence-electron chi connectivity index (χ0n) is 11.5. The number of hydrogen-bond donors (Lipinski definition) is 2. The molecule has 0 bridgehead atoms. The summed E-state index contributed by atoms with van der Waals surface area (Å²) in [6.45, 7) is 0.737. The lowest BCUT2D eigenvalue weighted by Crippen LogP contribution is -2.26. The van der Waals surface area contributed by atoms with Gasteiger partial charge in [-0.3, -0.25) is 0 Å². The minimum Gasteiger partial charge on any atom is -0.421 e. The van der Waals surface area contributed by atoms with Crippen molar-refractivity contribution in [2.75, 3.05) is 26.0 Å². The van der Waals surface area contributed by atoms with E-state index in [0.717, 1.165) is 17.5 Å². The van der Waals surface area contributed by atoms with Crippen LogP contribution in [0, 0.1) is 0 Å². The number of fused-ring (bicyclic) bond motifs is 1. The second-order valence-corrected chi connectivity index (χ2v) is 4.78. The molecule has 2 amide bonds. The molecule has 0 radical (unpaired) electrons. The quantitative estimate of drug-likeness (QED) is 0.825. The third-order valence-electron chi connectivity index (χ3n) is 2.98. The molecule has 0 aliphatic rings. The van der Waals surface area contributed by atoms with Crippen molar-refractivity contribution in [2.45, 2.75) is 6.42 Å². The molecule has 0 aliphatic heterocycles. The number of carbonyl (C=O) groups excluding carboxylic acids is 1. The number of nitrogens with two attached hydrogens (primary N) is 1. The highest BCUT2D eigenvalue weighted by molar-refractivity contribution is 5.93. The Balaban J connectivity index is 2.61. The highest BCUT2D eigenvalue weighted by Crippen LogP contribution is 2.23. The van der Waals surface area contributed by atoms with E-state index in [0.29, 0.717) is 12.0 Å². The molecule has 0 saturated heterocycles. The van der Waals surface area contributed by atoms with Crippen LogP contribution in [-0.2, 0) is 6.42 Å². The number of urea groups is 1. The summed E-state index contributed by atoms with van der Waals surface area (Å²) in [6, 6.07) is 6.45. The largest absolute Gasteiger partial charge is 0.421 e. The number of nitrogens with zero attached hydrogens (tertiary/aromatic N) is 1. The Kier molecular flexibility index (Phi) is 4.05. The minimum absolute atomic E-state index is 0.123. The molecule has 6 heteroatoms. The zero-order chi connectivity index (χ0) is 14.7. The first-order valence-electron chi connectivity index (χ1n) is 6.25. The summed E-state index contributed by atoms with van der Waals surface area (Å²) >= 11 is 0. The van der Waals surface area contributed by atoms with Crippen LogP contribution in [0.15, 0.2) is 33.5 Å². The maximum Gasteiger partial charge on any atom is 0.360 e. The molecule has 0 saturated carbocycles. The van der Waals surface area contributed by atoms with Gasteiger partial charge in [-0.2, -0.15) is 0 Å². The third-order valence-corrected chi connectivity index (χ3v) is 2.98. The van der Waals surface area contributed by atoms with Crippen LogP contribution in [0.1, 0.15) is 5.56 Å². The predicted molar refractivity (Wildman–Crippen MR) is 77.9 cm³/mol. The Morgan fingerprint density at radius 1 is 1.35 bits per heavy atom. The van der Waals surface area contributed by atoms with Crippen LogP contribution in [0.5, 0.6) is 0 Å². The number of para-hydroxylation sites is 1. The molecule has 0 unspecified atom stereocenters. The van der Waals surface area contributed by atoms with Crippen molar-refractivity contribution in [3.8, 4) is 0 Å². The van der Waals surface area contributed by atoms with E-state index in [1.54, 1.807) is 12.1 Å². The number of nitrogens with one attached hydrogen (secondary N) is 1. The molecule has 6 nitrogen and oxygen atoms in total. The second kappa shape index (κ2) is 5.75. The van der Waals surface area contributed by atoms with Crippen LogP contribution in [0.4, 0.5) is 10.5 Å². The van der Waals surface area contributed by atoms with E-state index in [-0.39, 0.29) is 5.69 Å². The molecule has 0 spiro atoms. The predicted octanol–water partition coefficient (Wildman–Crippen LogP) is 1.39. The van der Waals surface area contributed by atoms with Gasteiger partial charge < -0.3 is 20.4 Å². The van der Waals surface area contributed by atoms with Gasteiger partial charge in [-0.25, -0.2) is 9.59 Å². The molecule has 3 N–H and O–H groups in total. The molecule has 0 aliphatic carbocycles. The molecular weight excluding hydrogens is 258 g/mol. The van der Waals surface area contributed by atoms with Gasteiger partial charge in [-0.05, 0) is 32.1 Å². The first kappa shape index (κ1) is 14.1. The van der Waals surface area contributed by atoms with E-state index in [4.69, 9.17) is 10.2 Å². The maximum atomic E-state index is 12.0. The summed E-state index contributed by atoms with van der Waals surface area (Å²) in [4.78, 5) is 25.0. The number of likely N-dealkylation sites (N-methyl/N-ethyl adjacent to an activating group) is 1. The monoisotopic (exact) mass is 275 g/mol. The van der Waals surface area contributed by atoms with Crippen LogP contribution in [0.25, 0.3) is 11.0 Å². The molecule has 20 heavy (non-hydrogen) atoms. The van der Waals surface area contributed by atoms with Gasteiger partial charge in [0, 0.05) is 11.9 Å². The fourth-order valence-corrected chi connectivity index (χ4v) is 2.06. The number of anilines is 1. The van der Waals surface area contributed by atoms with Crippen LogP contribution < -0.4 is 16.7 Å². The highest BCUT2D eigenvalue weighted by Gasteiger charge is 2.15. The summed E-state index contributed by atoms with van der Waals surface area (Å²) < 4.78 is 5.20. The third kappa shape index (κ3) is 2.97. The van der Waals surface area contributed by atoms with Gasteiger partial charge in [0.25, 0.3) is 0 Å². The summed E-state index contributed by atoms with van der Waals surface area (Å²) in [5.74, 6) is 0. The van der Waals surface area contributed by atoms with Gasteiger partial charge in [-0.15, -0.1) is 0 Å². The van der Waals surface area contributed by atoms with Gasteiger partial charge in [0.2, 0.25) is 0 Å². The fraction of sp³-hybridized carbons (Fsp3) is 0.286. The lowest BCUT2D eigenvalue weighted by molar-refractivity contribution is 0.259. The molecule has 0 fully saturated rings. The fourth-order valence-electron chi connectivity index (χ4n) is 2.06. The van der Waals surface area contributed by atoms with Crippen molar-refractivity contribution in [1.29, 1.82) is 0 Å². The van der Waals surface area contributed by atoms with Gasteiger partial charge >= 0.3 is 11.7 Å². The zero-order valence-corrected chi connectivity index (χ0v) is 11.5. The molecular formula is C14H17N3O3. The molecule has 2 aromatic rings. The van der Waals surface area contributed by atoms with E-state index in [1.165, 1.54) is 0 Å². The number of benzene rings is 1. The molecule has 1 aromatic carbocycles. The average Bonchev–Trinajstić information content (AvgIpc) is 2.37. The summed E-state index contributed by atoms with van der Waals surface area (Å²) in [5.41, 5.74) is 5.90. The van der Waals surface area contributed by atoms with Crippen molar-refractivity contribution in [3.63, 3.8) is 0 Å². The Bertz CT molecular complexity index is 692. The van der Waals surface area contributed by atoms with Crippen molar-refractivity contribution in [2.24, 2.45) is 5.73 Å². The standard InChI is InChI=1S/C14H17N3O3/c1-17(2)8-7-10-9-5-3-4-6-11(9)20-13(18)12(10)16-14(15)19/h3-6H,7-8H2,1-2H3,(H3,15,16,19). The number of carbonyl (C=O) groups is 1. The van der Waals surface area contributed by atoms with Crippen LogP contribution in [-0.4, -0.2) is 31.6 Å². The van der Waals surface area contributed by atoms with Crippen LogP contribution in [0.2, 0.25) is 0 Å². The van der Waals surface area contributed by atoms with Crippen molar-refractivity contribution >= 4 is 22.7 Å². The van der Waals surface area contributed by atoms with Gasteiger partial charge in [-0.1, -0.05) is 18.2 Å². The Hall–Kier alpha value is -2.34. The molecule has 106 valence electrons. The van der Waals surface area contributed by atoms with E-state index >= 15 is 0 Å². The van der Waals surface area contributed by atoms with Crippen LogP contribution >= 0.6 is 0 Å². The topological polar surface area (TPSA) is 88.6 Å². The second-order valence-electron chi connectivity index (χ2n) is 4.78. The smallest absolute Gasteiger partial charge is 0.360 e. The lowest BCUT2D eigenvalue weighted by atomic mass is 10.0. The summed E-state index contributed by atoms with van der Waals surface area (Å²) in [6.07, 6.45) is 0.606. The first-order chi connectivity index (χ1) is 9.49. The van der Waals surface area contributed by atoms with E-state index in [9.17, 15) is 9.59 Å². The van der Waals surface area contributed by atoms with Crippen molar-refractivity contribution in [1.82, 2.24) is 4.90 Å². The van der Waals surface area contributed by atoms with E-state index in [1.807, 2.05) is 31.1 Å². The van der Waals surface area contributed by atoms with Crippen LogP contribution in [0.3, 0.4) is 0 Å². The minimum atomic E-state index is -0.779. The molecule has 1 aromatic heterocycles. The van der Waals surface area contributed by atoms with E-state index in [2.05, 4.69) is 5.32 Å². The first-order valence-corrected chi connectivity index (χ1v) is 6.25. The van der Waals surface area contributed by atoms with Crippen molar-refractivity contribution < 1.29 is 9.21 Å². The number of rotatable bonds is 4. The lowest BCUT2D eigenvalue weighted by Gasteiger charge is -2.14. The Labute approximate surface area is 116 Å². The molecule has 2 rings (SSSR count). The van der Waals surface area contributed by atoms with Gasteiger partial charge in [0.15, 0.2) is 0 Å². The average molecular weight is 275 g/mol. The summed E-state index contributed by atoms with van der Waals surface area (Å²) in [7, 11) is 3.88. The van der Waals surface area contributed by atoms with Gasteiger partial charge in [0.1, 0.15) is 11.3 Å². The number of hydrogen-bond acceptors (Lipinski definition) is 4. The van der Waals surface area contributed by atoms with E-state index < -0.39 is 11.7 Å². The summed E-state index contributed by atoms with van der Waals surface area (Å²) in [5, 5.41) is 3.18. The number of primary amides is 1. The number of amides is 2. The molecule has 1 heterocycles. The van der Waals surface area contributed by atoms with Crippen molar-refractivity contribution in [3.05, 3.63) is 40.2 Å². The Morgan fingerprint density at radius 3 is 2.70 bits per heavy atom. The highest BCUT2D eigenvalue weighted by atomic mass is 16.4. The normalized spacial score (nSPS) is 10.9. The SMILES string of the molecule is CN(C)CCc1c(NC(N)=O)c(=O)oc2ccccc12. The maximum absolute atomic E-state index is 12.0. The Morgan fingerprint density at radius 2 is 2.05 bits per heavy atom.